The van der Waals surface area contributed by atoms with Gasteiger partial charge < -0.3 is 14.5 Å². The fourth-order valence-corrected chi connectivity index (χ4v) is 1.26. The third-order valence-corrected chi connectivity index (χ3v) is 2.10. The van der Waals surface area contributed by atoms with Crippen LogP contribution in [0.1, 0.15) is 25.5 Å². The van der Waals surface area contributed by atoms with Crippen LogP contribution in [0, 0.1) is 0 Å². The van der Waals surface area contributed by atoms with Crippen molar-refractivity contribution < 1.29 is 13.9 Å². The Kier molecular flexibility index (Phi) is 6.82. The maximum Gasteiger partial charge on any atom is 0.330 e. The molecule has 0 unspecified atom stereocenters. The average molecular weight is 237 g/mol. The lowest BCUT2D eigenvalue weighted by molar-refractivity contribution is -0.137. The molecule has 1 aromatic rings. The van der Waals surface area contributed by atoms with Gasteiger partial charge in [0.15, 0.2) is 0 Å². The van der Waals surface area contributed by atoms with Gasteiger partial charge in [-0.2, -0.15) is 0 Å². The quantitative estimate of drug-likeness (QED) is 0.428. The maximum atomic E-state index is 11.3. The first-order chi connectivity index (χ1) is 8.33. The van der Waals surface area contributed by atoms with E-state index in [-0.39, 0.29) is 5.97 Å². The molecule has 4 nitrogen and oxygen atoms in total. The van der Waals surface area contributed by atoms with Crippen molar-refractivity contribution in [2.24, 2.45) is 0 Å². The highest BCUT2D eigenvalue weighted by Gasteiger charge is 1.97. The topological polar surface area (TPSA) is 51.5 Å². The summed E-state index contributed by atoms with van der Waals surface area (Å²) in [6.07, 6.45) is 6.48. The van der Waals surface area contributed by atoms with Crippen molar-refractivity contribution in [2.45, 2.75) is 19.8 Å². The van der Waals surface area contributed by atoms with Gasteiger partial charge in [-0.3, -0.25) is 0 Å². The fraction of sp³-hybridized carbons (Fsp3) is 0.462. The first-order valence-electron chi connectivity index (χ1n) is 5.92. The molecule has 94 valence electrons. The van der Waals surface area contributed by atoms with Crippen LogP contribution in [0.3, 0.4) is 0 Å². The summed E-state index contributed by atoms with van der Waals surface area (Å²) in [4.78, 5) is 11.3. The molecule has 4 heteroatoms. The van der Waals surface area contributed by atoms with Crippen LogP contribution in [0.4, 0.5) is 0 Å². The van der Waals surface area contributed by atoms with Gasteiger partial charge >= 0.3 is 5.97 Å². The molecule has 17 heavy (non-hydrogen) atoms. The summed E-state index contributed by atoms with van der Waals surface area (Å²) in [5.74, 6) is 0.309. The van der Waals surface area contributed by atoms with Crippen LogP contribution in [0.5, 0.6) is 0 Å². The summed E-state index contributed by atoms with van der Waals surface area (Å²) in [5.41, 5.74) is 0. The van der Waals surface area contributed by atoms with E-state index in [1.54, 1.807) is 24.5 Å². The number of furan rings is 1. The molecule has 0 aliphatic heterocycles. The first kappa shape index (κ1) is 13.5. The lowest BCUT2D eigenvalue weighted by Gasteiger charge is -2.03. The number of hydrogen-bond donors (Lipinski definition) is 1. The third-order valence-electron chi connectivity index (χ3n) is 2.10. The Bertz CT molecular complexity index is 330. The van der Waals surface area contributed by atoms with E-state index in [2.05, 4.69) is 12.2 Å². The van der Waals surface area contributed by atoms with Gasteiger partial charge in [-0.05, 0) is 44.1 Å². The first-order valence-corrected chi connectivity index (χ1v) is 5.92. The molecule has 0 radical (unpaired) electrons. The highest BCUT2D eigenvalue weighted by Crippen LogP contribution is 2.02. The summed E-state index contributed by atoms with van der Waals surface area (Å²) in [6.45, 7) is 4.44. The van der Waals surface area contributed by atoms with Crippen molar-refractivity contribution >= 4 is 12.0 Å². The molecule has 0 fully saturated rings. The SMILES string of the molecule is CCCNCCCOC(=O)/C=C/c1ccco1. The fourth-order valence-electron chi connectivity index (χ4n) is 1.26. The zero-order valence-corrected chi connectivity index (χ0v) is 10.1. The molecule has 0 aliphatic carbocycles. The Morgan fingerprint density at radius 1 is 1.53 bits per heavy atom. The van der Waals surface area contributed by atoms with Crippen molar-refractivity contribution in [2.75, 3.05) is 19.7 Å². The Labute approximate surface area is 102 Å². The highest BCUT2D eigenvalue weighted by atomic mass is 16.5. The number of carbonyl (C=O) groups is 1. The van der Waals surface area contributed by atoms with E-state index in [4.69, 9.17) is 9.15 Å². The van der Waals surface area contributed by atoms with Crippen LogP contribution in [-0.4, -0.2) is 25.7 Å². The molecular formula is C13H19NO3. The molecule has 0 aliphatic rings. The second-order valence-corrected chi connectivity index (χ2v) is 3.62. The van der Waals surface area contributed by atoms with Crippen molar-refractivity contribution in [3.8, 4) is 0 Å². The smallest absolute Gasteiger partial charge is 0.330 e. The molecule has 0 saturated carbocycles. The lowest BCUT2D eigenvalue weighted by atomic mass is 10.4. The largest absolute Gasteiger partial charge is 0.465 e. The van der Waals surface area contributed by atoms with E-state index in [0.29, 0.717) is 12.4 Å². The second-order valence-electron chi connectivity index (χ2n) is 3.62. The number of ether oxygens (including phenoxy) is 1. The van der Waals surface area contributed by atoms with Gasteiger partial charge in [0.25, 0.3) is 0 Å². The predicted molar refractivity (Wildman–Crippen MR) is 66.5 cm³/mol. The summed E-state index contributed by atoms with van der Waals surface area (Å²) in [5, 5.41) is 3.24. The van der Waals surface area contributed by atoms with Crippen LogP contribution in [0.2, 0.25) is 0 Å². The lowest BCUT2D eigenvalue weighted by Crippen LogP contribution is -2.18. The zero-order chi connectivity index (χ0) is 12.3. The molecule has 1 N–H and O–H groups in total. The number of esters is 1. The van der Waals surface area contributed by atoms with Crippen LogP contribution < -0.4 is 5.32 Å². The summed E-state index contributed by atoms with van der Waals surface area (Å²) in [7, 11) is 0. The average Bonchev–Trinajstić information content (AvgIpc) is 2.84. The molecule has 0 bridgehead atoms. The van der Waals surface area contributed by atoms with Crippen molar-refractivity contribution in [1.82, 2.24) is 5.32 Å². The zero-order valence-electron chi connectivity index (χ0n) is 10.1. The summed E-state index contributed by atoms with van der Waals surface area (Å²) >= 11 is 0. The minimum absolute atomic E-state index is 0.336. The Balaban J connectivity index is 2.05. The maximum absolute atomic E-state index is 11.3. The molecule has 1 rings (SSSR count). The number of nitrogens with one attached hydrogen (secondary N) is 1. The van der Waals surface area contributed by atoms with Gasteiger partial charge in [-0.1, -0.05) is 6.92 Å². The molecule has 0 aromatic carbocycles. The number of rotatable bonds is 8. The van der Waals surface area contributed by atoms with E-state index < -0.39 is 0 Å². The minimum atomic E-state index is -0.336. The van der Waals surface area contributed by atoms with Gasteiger partial charge in [0.05, 0.1) is 12.9 Å². The number of carbonyl (C=O) groups excluding carboxylic acids is 1. The van der Waals surface area contributed by atoms with Crippen molar-refractivity contribution in [1.29, 1.82) is 0 Å². The van der Waals surface area contributed by atoms with Crippen molar-refractivity contribution in [3.63, 3.8) is 0 Å². The summed E-state index contributed by atoms with van der Waals surface area (Å²) < 4.78 is 10.1. The molecule has 1 heterocycles. The van der Waals surface area contributed by atoms with E-state index >= 15 is 0 Å². The van der Waals surface area contributed by atoms with Crippen LogP contribution in [0.25, 0.3) is 6.08 Å². The normalized spacial score (nSPS) is 10.9. The molecule has 0 saturated heterocycles. The van der Waals surface area contributed by atoms with E-state index in [0.717, 1.165) is 25.9 Å². The van der Waals surface area contributed by atoms with E-state index in [1.165, 1.54) is 6.08 Å². The Morgan fingerprint density at radius 2 is 2.41 bits per heavy atom. The molecule has 1 aromatic heterocycles. The molecular weight excluding hydrogens is 218 g/mol. The predicted octanol–water partition coefficient (Wildman–Crippen LogP) is 2.23. The molecule has 0 atom stereocenters. The van der Waals surface area contributed by atoms with Crippen LogP contribution in [0.15, 0.2) is 28.9 Å². The third kappa shape index (κ3) is 6.58. The summed E-state index contributed by atoms with van der Waals surface area (Å²) in [6, 6.07) is 3.54. The van der Waals surface area contributed by atoms with Gasteiger partial charge in [-0.25, -0.2) is 4.79 Å². The Hall–Kier alpha value is -1.55. The van der Waals surface area contributed by atoms with E-state index in [9.17, 15) is 4.79 Å². The molecule has 0 amide bonds. The number of hydrogen-bond acceptors (Lipinski definition) is 4. The van der Waals surface area contributed by atoms with Crippen LogP contribution in [-0.2, 0) is 9.53 Å². The van der Waals surface area contributed by atoms with Gasteiger partial charge in [-0.15, -0.1) is 0 Å². The minimum Gasteiger partial charge on any atom is -0.465 e. The van der Waals surface area contributed by atoms with Gasteiger partial charge in [0.2, 0.25) is 0 Å². The van der Waals surface area contributed by atoms with Crippen molar-refractivity contribution in [3.05, 3.63) is 30.2 Å². The van der Waals surface area contributed by atoms with Gasteiger partial charge in [0.1, 0.15) is 5.76 Å². The van der Waals surface area contributed by atoms with Crippen LogP contribution >= 0.6 is 0 Å². The van der Waals surface area contributed by atoms with Gasteiger partial charge in [0, 0.05) is 6.08 Å². The Morgan fingerprint density at radius 3 is 3.12 bits per heavy atom. The second kappa shape index (κ2) is 8.58. The molecule has 0 spiro atoms. The van der Waals surface area contributed by atoms with E-state index in [1.807, 2.05) is 0 Å². The monoisotopic (exact) mass is 237 g/mol. The standard InChI is InChI=1S/C13H19NO3/c1-2-8-14-9-4-11-17-13(15)7-6-12-5-3-10-16-12/h3,5-7,10,14H,2,4,8-9,11H2,1H3/b7-6+. The highest BCUT2D eigenvalue weighted by molar-refractivity contribution is 5.86.